The highest BCUT2D eigenvalue weighted by atomic mass is 16.3. The van der Waals surface area contributed by atoms with Gasteiger partial charge in [-0.3, -0.25) is 9.48 Å². The molecule has 1 fully saturated rings. The van der Waals surface area contributed by atoms with Crippen molar-refractivity contribution in [3.05, 3.63) is 47.3 Å². The molecule has 3 rings (SSSR count). The lowest BCUT2D eigenvalue weighted by molar-refractivity contribution is 0.102. The molecule has 1 heterocycles. The van der Waals surface area contributed by atoms with Gasteiger partial charge in [0.15, 0.2) is 0 Å². The van der Waals surface area contributed by atoms with Crippen molar-refractivity contribution >= 4 is 11.6 Å². The molecule has 1 saturated carbocycles. The van der Waals surface area contributed by atoms with Gasteiger partial charge in [-0.1, -0.05) is 19.1 Å². The maximum Gasteiger partial charge on any atom is 0.259 e. The minimum Gasteiger partial charge on any atom is -0.396 e. The zero-order valence-electron chi connectivity index (χ0n) is 14.3. The molecule has 128 valence electrons. The third-order valence-electron chi connectivity index (χ3n) is 4.66. The molecular weight excluding hydrogens is 302 g/mol. The van der Waals surface area contributed by atoms with Crippen LogP contribution in [0.2, 0.25) is 0 Å². The van der Waals surface area contributed by atoms with E-state index in [1.54, 1.807) is 6.20 Å². The number of hydrogen-bond acceptors (Lipinski definition) is 3. The lowest BCUT2D eigenvalue weighted by Gasteiger charge is -2.14. The van der Waals surface area contributed by atoms with Crippen molar-refractivity contribution in [3.8, 4) is 0 Å². The minimum atomic E-state index is -0.0960. The van der Waals surface area contributed by atoms with E-state index in [4.69, 9.17) is 5.11 Å². The first kappa shape index (κ1) is 16.7. The second-order valence-electron chi connectivity index (χ2n) is 6.54. The Bertz CT molecular complexity index is 702. The van der Waals surface area contributed by atoms with Gasteiger partial charge in [0.05, 0.1) is 17.5 Å². The molecule has 2 aromatic rings. The Kier molecular flexibility index (Phi) is 5.00. The average Bonchev–Trinajstić information content (AvgIpc) is 3.34. The molecule has 1 aromatic carbocycles. The first-order valence-corrected chi connectivity index (χ1v) is 8.72. The fraction of sp³-hybridized carbons (Fsp3) is 0.474. The van der Waals surface area contributed by atoms with Gasteiger partial charge >= 0.3 is 0 Å². The molecule has 1 aromatic heterocycles. The lowest BCUT2D eigenvalue weighted by atomic mass is 10.1. The summed E-state index contributed by atoms with van der Waals surface area (Å²) in [6.07, 6.45) is 5.60. The Labute approximate surface area is 142 Å². The summed E-state index contributed by atoms with van der Waals surface area (Å²) < 4.78 is 2.02. The van der Waals surface area contributed by atoms with Crippen LogP contribution in [0, 0.1) is 0 Å². The maximum atomic E-state index is 12.7. The number of anilines is 1. The fourth-order valence-corrected chi connectivity index (χ4v) is 2.92. The van der Waals surface area contributed by atoms with E-state index in [0.717, 1.165) is 36.2 Å². The van der Waals surface area contributed by atoms with E-state index in [0.29, 0.717) is 23.9 Å². The van der Waals surface area contributed by atoms with Crippen molar-refractivity contribution in [2.75, 3.05) is 11.9 Å². The number of nitrogens with zero attached hydrogens (tertiary/aromatic N) is 2. The van der Waals surface area contributed by atoms with Gasteiger partial charge in [-0.05, 0) is 50.3 Å². The zero-order chi connectivity index (χ0) is 17.1. The standard InChI is InChI=1S/C19H25N3O2/c1-3-13(2)22-18(15-6-7-15)17(12-20-22)19(24)21-16-8-4-14(5-9-16)10-11-23/h4-5,8-9,12-13,15,23H,3,6-7,10-11H2,1-2H3,(H,21,24). The Hall–Kier alpha value is -2.14. The van der Waals surface area contributed by atoms with Crippen molar-refractivity contribution in [1.82, 2.24) is 9.78 Å². The van der Waals surface area contributed by atoms with E-state index in [1.165, 1.54) is 0 Å². The summed E-state index contributed by atoms with van der Waals surface area (Å²) in [6, 6.07) is 7.91. The molecule has 24 heavy (non-hydrogen) atoms. The predicted octanol–water partition coefficient (Wildman–Crippen LogP) is 3.52. The summed E-state index contributed by atoms with van der Waals surface area (Å²) in [4.78, 5) is 12.7. The van der Waals surface area contributed by atoms with E-state index in [2.05, 4.69) is 24.3 Å². The van der Waals surface area contributed by atoms with Gasteiger partial charge in [-0.2, -0.15) is 5.10 Å². The van der Waals surface area contributed by atoms with Gasteiger partial charge in [0.1, 0.15) is 0 Å². The molecule has 1 unspecified atom stereocenters. The second-order valence-corrected chi connectivity index (χ2v) is 6.54. The van der Waals surface area contributed by atoms with Crippen LogP contribution in [0.5, 0.6) is 0 Å². The van der Waals surface area contributed by atoms with Crippen LogP contribution in [0.3, 0.4) is 0 Å². The molecule has 1 aliphatic rings. The Morgan fingerprint density at radius 3 is 2.67 bits per heavy atom. The summed E-state index contributed by atoms with van der Waals surface area (Å²) in [7, 11) is 0. The number of aromatic nitrogens is 2. The third kappa shape index (κ3) is 3.51. The Morgan fingerprint density at radius 2 is 2.08 bits per heavy atom. The van der Waals surface area contributed by atoms with Crippen molar-refractivity contribution in [3.63, 3.8) is 0 Å². The maximum absolute atomic E-state index is 12.7. The highest BCUT2D eigenvalue weighted by molar-refractivity contribution is 6.05. The highest BCUT2D eigenvalue weighted by Gasteiger charge is 2.33. The SMILES string of the molecule is CCC(C)n1ncc(C(=O)Nc2ccc(CCO)cc2)c1C1CC1. The van der Waals surface area contributed by atoms with Crippen LogP contribution in [0.25, 0.3) is 0 Å². The number of aliphatic hydroxyl groups excluding tert-OH is 1. The molecule has 1 amide bonds. The topological polar surface area (TPSA) is 67.2 Å². The van der Waals surface area contributed by atoms with Gasteiger partial charge in [-0.15, -0.1) is 0 Å². The molecule has 0 aliphatic heterocycles. The third-order valence-corrected chi connectivity index (χ3v) is 4.66. The molecule has 0 radical (unpaired) electrons. The van der Waals surface area contributed by atoms with Crippen molar-refractivity contribution < 1.29 is 9.90 Å². The zero-order valence-corrected chi connectivity index (χ0v) is 14.3. The van der Waals surface area contributed by atoms with Crippen LogP contribution >= 0.6 is 0 Å². The molecule has 2 N–H and O–H groups in total. The largest absolute Gasteiger partial charge is 0.396 e. The van der Waals surface area contributed by atoms with E-state index in [-0.39, 0.29) is 12.5 Å². The van der Waals surface area contributed by atoms with Crippen LogP contribution in [0.15, 0.2) is 30.5 Å². The Balaban J connectivity index is 1.78. The highest BCUT2D eigenvalue weighted by Crippen LogP contribution is 2.42. The molecule has 0 spiro atoms. The fourth-order valence-electron chi connectivity index (χ4n) is 2.92. The van der Waals surface area contributed by atoms with E-state index >= 15 is 0 Å². The number of hydrogen-bond donors (Lipinski definition) is 2. The monoisotopic (exact) mass is 327 g/mol. The lowest BCUT2D eigenvalue weighted by Crippen LogP contribution is -2.16. The molecule has 1 aliphatic carbocycles. The summed E-state index contributed by atoms with van der Waals surface area (Å²) in [6.45, 7) is 4.41. The quantitative estimate of drug-likeness (QED) is 0.817. The Morgan fingerprint density at radius 1 is 1.38 bits per heavy atom. The van der Waals surface area contributed by atoms with Crippen LogP contribution in [-0.2, 0) is 6.42 Å². The average molecular weight is 327 g/mol. The van der Waals surface area contributed by atoms with Gasteiger partial charge in [0.25, 0.3) is 5.91 Å². The van der Waals surface area contributed by atoms with Gasteiger partial charge in [0, 0.05) is 24.3 Å². The first-order chi connectivity index (χ1) is 11.6. The normalized spacial score (nSPS) is 15.3. The molecule has 5 nitrogen and oxygen atoms in total. The number of rotatable bonds is 7. The first-order valence-electron chi connectivity index (χ1n) is 8.72. The predicted molar refractivity (Wildman–Crippen MR) is 94.4 cm³/mol. The molecule has 5 heteroatoms. The molecule has 1 atom stereocenters. The smallest absolute Gasteiger partial charge is 0.259 e. The van der Waals surface area contributed by atoms with Gasteiger partial charge in [-0.25, -0.2) is 0 Å². The van der Waals surface area contributed by atoms with Crippen LogP contribution in [0.1, 0.15) is 66.7 Å². The second kappa shape index (κ2) is 7.18. The molecular formula is C19H25N3O2. The summed E-state index contributed by atoms with van der Waals surface area (Å²) in [5.41, 5.74) is 3.59. The van der Waals surface area contributed by atoms with E-state index in [1.807, 2.05) is 28.9 Å². The molecule has 0 saturated heterocycles. The number of nitrogens with one attached hydrogen (secondary N) is 1. The van der Waals surface area contributed by atoms with Crippen molar-refractivity contribution in [1.29, 1.82) is 0 Å². The van der Waals surface area contributed by atoms with Gasteiger partial charge in [0.2, 0.25) is 0 Å². The minimum absolute atomic E-state index is 0.0960. The van der Waals surface area contributed by atoms with E-state index < -0.39 is 0 Å². The van der Waals surface area contributed by atoms with Crippen LogP contribution in [-0.4, -0.2) is 27.4 Å². The van der Waals surface area contributed by atoms with Crippen molar-refractivity contribution in [2.24, 2.45) is 0 Å². The van der Waals surface area contributed by atoms with Crippen LogP contribution in [0.4, 0.5) is 5.69 Å². The summed E-state index contributed by atoms with van der Waals surface area (Å²) >= 11 is 0. The number of carbonyl (C=O) groups is 1. The van der Waals surface area contributed by atoms with E-state index in [9.17, 15) is 4.79 Å². The summed E-state index contributed by atoms with van der Waals surface area (Å²) in [5.74, 6) is 0.371. The number of carbonyl (C=O) groups excluding carboxylic acids is 1. The number of benzene rings is 1. The number of aliphatic hydroxyl groups is 1. The van der Waals surface area contributed by atoms with Crippen molar-refractivity contribution in [2.45, 2.75) is 51.5 Å². The number of amides is 1. The van der Waals surface area contributed by atoms with Gasteiger partial charge < -0.3 is 10.4 Å². The molecule has 0 bridgehead atoms. The van der Waals surface area contributed by atoms with Crippen LogP contribution < -0.4 is 5.32 Å². The summed E-state index contributed by atoms with van der Waals surface area (Å²) in [5, 5.41) is 16.4.